The molecule has 0 amide bonds. The Labute approximate surface area is 134 Å². The Morgan fingerprint density at radius 1 is 1.32 bits per heavy atom. The van der Waals surface area contributed by atoms with Crippen LogP contribution in [0.15, 0.2) is 17.5 Å². The quantitative estimate of drug-likeness (QED) is 0.938. The Balaban J connectivity index is 1.90. The fourth-order valence-corrected chi connectivity index (χ4v) is 3.75. The van der Waals surface area contributed by atoms with Crippen LogP contribution in [-0.2, 0) is 13.1 Å². The van der Waals surface area contributed by atoms with Gasteiger partial charge >= 0.3 is 0 Å². The topological polar surface area (TPSA) is 54.8 Å². The zero-order valence-electron chi connectivity index (χ0n) is 13.0. The van der Waals surface area contributed by atoms with Crippen molar-refractivity contribution in [3.63, 3.8) is 0 Å². The third-order valence-corrected chi connectivity index (χ3v) is 4.84. The molecule has 0 aliphatic carbocycles. The molecule has 1 aliphatic rings. The van der Waals surface area contributed by atoms with Crippen molar-refractivity contribution in [1.82, 2.24) is 9.88 Å². The van der Waals surface area contributed by atoms with Crippen LogP contribution in [0.3, 0.4) is 0 Å². The van der Waals surface area contributed by atoms with Crippen LogP contribution in [-0.4, -0.2) is 35.8 Å². The predicted molar refractivity (Wildman–Crippen MR) is 85.5 cm³/mol. The highest BCUT2D eigenvalue weighted by Crippen LogP contribution is 2.39. The van der Waals surface area contributed by atoms with Crippen LogP contribution in [0.25, 0.3) is 0 Å². The highest BCUT2D eigenvalue weighted by atomic mass is 32.1. The molecule has 2 aromatic rings. The molecule has 6 heteroatoms. The summed E-state index contributed by atoms with van der Waals surface area (Å²) in [5, 5.41) is 13.7. The van der Waals surface area contributed by atoms with Crippen molar-refractivity contribution in [2.24, 2.45) is 0 Å². The highest BCUT2D eigenvalue weighted by Gasteiger charge is 2.29. The maximum Gasteiger partial charge on any atom is 0.125 e. The van der Waals surface area contributed by atoms with Crippen molar-refractivity contribution in [2.75, 3.05) is 20.8 Å². The lowest BCUT2D eigenvalue weighted by atomic mass is 9.95. The summed E-state index contributed by atoms with van der Waals surface area (Å²) in [6.07, 6.45) is -0.588. The largest absolute Gasteiger partial charge is 0.496 e. The first kappa shape index (κ1) is 15.3. The molecular formula is C16H20N2O3S. The number of hydrogen-bond acceptors (Lipinski definition) is 6. The van der Waals surface area contributed by atoms with Crippen LogP contribution >= 0.6 is 11.3 Å². The number of thiazole rings is 1. The molecule has 0 radical (unpaired) electrons. The van der Waals surface area contributed by atoms with Crippen LogP contribution in [0, 0.1) is 6.92 Å². The molecule has 1 aliphatic heterocycles. The summed E-state index contributed by atoms with van der Waals surface area (Å²) in [7, 11) is 3.27. The number of hydrogen-bond donors (Lipinski definition) is 1. The summed E-state index contributed by atoms with van der Waals surface area (Å²) in [4.78, 5) is 6.69. The number of aryl methyl sites for hydroxylation is 1. The summed E-state index contributed by atoms with van der Waals surface area (Å²) in [6, 6.07) is 3.74. The van der Waals surface area contributed by atoms with Gasteiger partial charge in [-0.05, 0) is 19.1 Å². The molecule has 22 heavy (non-hydrogen) atoms. The number of ether oxygens (including phenoxy) is 2. The molecule has 1 aromatic heterocycles. The number of methoxy groups -OCH3 is 2. The van der Waals surface area contributed by atoms with Gasteiger partial charge in [-0.1, -0.05) is 0 Å². The van der Waals surface area contributed by atoms with Gasteiger partial charge in [-0.15, -0.1) is 11.3 Å². The number of benzene rings is 1. The Bertz CT molecular complexity index is 671. The summed E-state index contributed by atoms with van der Waals surface area (Å²) < 4.78 is 10.9. The van der Waals surface area contributed by atoms with Crippen LogP contribution in [0.4, 0.5) is 0 Å². The molecule has 0 spiro atoms. The molecule has 0 saturated heterocycles. The van der Waals surface area contributed by atoms with Crippen LogP contribution in [0.5, 0.6) is 11.5 Å². The van der Waals surface area contributed by atoms with Gasteiger partial charge in [-0.3, -0.25) is 4.90 Å². The number of nitrogens with zero attached hydrogens (tertiary/aromatic N) is 2. The summed E-state index contributed by atoms with van der Waals surface area (Å²) >= 11 is 1.65. The number of β-amino-alcohol motifs (C(OH)–C–C–N with tert-alkyl or cyclic N) is 1. The van der Waals surface area contributed by atoms with Gasteiger partial charge in [0.25, 0.3) is 0 Å². The third kappa shape index (κ3) is 2.82. The molecule has 0 fully saturated rings. The second kappa shape index (κ2) is 6.24. The summed E-state index contributed by atoms with van der Waals surface area (Å²) in [6.45, 7) is 4.00. The Morgan fingerprint density at radius 3 is 2.68 bits per heavy atom. The van der Waals surface area contributed by atoms with E-state index >= 15 is 0 Å². The Kier molecular flexibility index (Phi) is 4.33. The number of rotatable bonds is 4. The maximum absolute atomic E-state index is 10.6. The van der Waals surface area contributed by atoms with Crippen molar-refractivity contribution < 1.29 is 14.6 Å². The molecule has 1 N–H and O–H groups in total. The minimum atomic E-state index is -0.588. The maximum atomic E-state index is 10.6. The monoisotopic (exact) mass is 320 g/mol. The van der Waals surface area contributed by atoms with Gasteiger partial charge in [0.05, 0.1) is 26.9 Å². The fraction of sp³-hybridized carbons (Fsp3) is 0.438. The first-order chi connectivity index (χ1) is 10.6. The van der Waals surface area contributed by atoms with Gasteiger partial charge in [-0.25, -0.2) is 4.98 Å². The van der Waals surface area contributed by atoms with Crippen molar-refractivity contribution >= 4 is 11.3 Å². The lowest BCUT2D eigenvalue weighted by Gasteiger charge is -2.33. The molecular weight excluding hydrogens is 300 g/mol. The Morgan fingerprint density at radius 2 is 2.05 bits per heavy atom. The molecule has 2 heterocycles. The normalized spacial score (nSPS) is 18.1. The molecule has 5 nitrogen and oxygen atoms in total. The highest BCUT2D eigenvalue weighted by molar-refractivity contribution is 7.09. The van der Waals surface area contributed by atoms with Crippen molar-refractivity contribution in [1.29, 1.82) is 0 Å². The third-order valence-electron chi connectivity index (χ3n) is 3.89. The van der Waals surface area contributed by atoms with Crippen LogP contribution < -0.4 is 9.47 Å². The summed E-state index contributed by atoms with van der Waals surface area (Å²) in [5.74, 6) is 1.50. The van der Waals surface area contributed by atoms with E-state index in [1.54, 1.807) is 25.6 Å². The van der Waals surface area contributed by atoms with E-state index in [0.29, 0.717) is 18.8 Å². The second-order valence-electron chi connectivity index (χ2n) is 5.43. The van der Waals surface area contributed by atoms with Gasteiger partial charge in [0.1, 0.15) is 16.5 Å². The first-order valence-corrected chi connectivity index (χ1v) is 8.05. The van der Waals surface area contributed by atoms with Gasteiger partial charge < -0.3 is 14.6 Å². The molecule has 0 saturated carbocycles. The van der Waals surface area contributed by atoms with Crippen molar-refractivity contribution in [2.45, 2.75) is 26.1 Å². The zero-order chi connectivity index (χ0) is 15.7. The number of aliphatic hydroxyl groups excluding tert-OH is 1. The van der Waals surface area contributed by atoms with E-state index in [1.165, 1.54) is 0 Å². The van der Waals surface area contributed by atoms with Gasteiger partial charge in [0.2, 0.25) is 0 Å². The fourth-order valence-electron chi connectivity index (χ4n) is 2.93. The van der Waals surface area contributed by atoms with Gasteiger partial charge in [0, 0.05) is 35.3 Å². The van der Waals surface area contributed by atoms with E-state index in [0.717, 1.165) is 34.1 Å². The minimum absolute atomic E-state index is 0.565. The predicted octanol–water partition coefficient (Wildman–Crippen LogP) is 2.52. The molecule has 118 valence electrons. The van der Waals surface area contributed by atoms with E-state index in [-0.39, 0.29) is 0 Å². The number of fused-ring (bicyclic) bond motifs is 1. The molecule has 3 rings (SSSR count). The Hall–Kier alpha value is -1.63. The lowest BCUT2D eigenvalue weighted by Crippen LogP contribution is -2.33. The van der Waals surface area contributed by atoms with Crippen LogP contribution in [0.1, 0.15) is 27.9 Å². The van der Waals surface area contributed by atoms with E-state index < -0.39 is 6.10 Å². The van der Waals surface area contributed by atoms with E-state index in [4.69, 9.17) is 9.47 Å². The minimum Gasteiger partial charge on any atom is -0.496 e. The molecule has 1 unspecified atom stereocenters. The average Bonchev–Trinajstić information content (AvgIpc) is 2.91. The smallest absolute Gasteiger partial charge is 0.125 e. The van der Waals surface area contributed by atoms with Crippen molar-refractivity contribution in [3.8, 4) is 11.5 Å². The van der Waals surface area contributed by atoms with E-state index in [2.05, 4.69) is 9.88 Å². The van der Waals surface area contributed by atoms with Crippen molar-refractivity contribution in [3.05, 3.63) is 39.3 Å². The summed E-state index contributed by atoms with van der Waals surface area (Å²) in [5.41, 5.74) is 2.87. The zero-order valence-corrected chi connectivity index (χ0v) is 13.8. The second-order valence-corrected chi connectivity index (χ2v) is 6.37. The molecule has 1 aromatic carbocycles. The lowest BCUT2D eigenvalue weighted by molar-refractivity contribution is 0.0842. The van der Waals surface area contributed by atoms with Gasteiger partial charge in [-0.2, -0.15) is 0 Å². The number of aliphatic hydroxyl groups is 1. The SMILES string of the molecule is COc1ccc(OC)c2c1CN(Cc1nc(C)cs1)CC2O. The molecule has 1 atom stereocenters. The molecule has 0 bridgehead atoms. The van der Waals surface area contributed by atoms with Gasteiger partial charge in [0.15, 0.2) is 0 Å². The average molecular weight is 320 g/mol. The van der Waals surface area contributed by atoms with Crippen LogP contribution in [0.2, 0.25) is 0 Å². The number of aromatic nitrogens is 1. The standard InChI is InChI=1S/C16H20N2O3S/c1-10-9-22-15(17-10)8-18-6-11-13(20-2)4-5-14(21-3)16(11)12(19)7-18/h4-5,9,12,19H,6-8H2,1-3H3. The van der Waals surface area contributed by atoms with E-state index in [1.807, 2.05) is 24.4 Å². The van der Waals surface area contributed by atoms with E-state index in [9.17, 15) is 5.11 Å². The first-order valence-electron chi connectivity index (χ1n) is 7.17.